The highest BCUT2D eigenvalue weighted by Crippen LogP contribution is 2.26. The van der Waals surface area contributed by atoms with Gasteiger partial charge >= 0.3 is 0 Å². The van der Waals surface area contributed by atoms with Gasteiger partial charge in [-0.05, 0) is 18.2 Å². The number of anilines is 1. The number of benzene rings is 1. The van der Waals surface area contributed by atoms with E-state index in [1.807, 2.05) is 0 Å². The van der Waals surface area contributed by atoms with Crippen molar-refractivity contribution in [2.24, 2.45) is 5.14 Å². The van der Waals surface area contributed by atoms with Crippen molar-refractivity contribution in [3.63, 3.8) is 0 Å². The maximum absolute atomic E-state index is 11.8. The van der Waals surface area contributed by atoms with Gasteiger partial charge in [0.2, 0.25) is 10.0 Å². The number of nitrogens with one attached hydrogen (secondary N) is 1. The Morgan fingerprint density at radius 3 is 2.75 bits per heavy atom. The predicted octanol–water partition coefficient (Wildman–Crippen LogP) is 1.05. The van der Waals surface area contributed by atoms with E-state index in [1.165, 1.54) is 42.2 Å². The van der Waals surface area contributed by atoms with Crippen LogP contribution in [-0.4, -0.2) is 26.4 Å². The molecule has 0 spiro atoms. The number of methoxy groups -OCH3 is 1. The summed E-state index contributed by atoms with van der Waals surface area (Å²) in [5.74, 6) is -0.323. The Morgan fingerprint density at radius 1 is 1.45 bits per heavy atom. The minimum atomic E-state index is -3.95. The number of aromatic nitrogens is 1. The molecular weight excluding hydrogens is 302 g/mol. The van der Waals surface area contributed by atoms with Gasteiger partial charge in [0.15, 0.2) is 0 Å². The topological polar surface area (TPSA) is 111 Å². The first-order valence-corrected chi connectivity index (χ1v) is 7.81. The molecule has 2 aromatic rings. The third-order valence-electron chi connectivity index (χ3n) is 2.39. The van der Waals surface area contributed by atoms with Crippen molar-refractivity contribution in [2.45, 2.75) is 4.90 Å². The molecule has 20 heavy (non-hydrogen) atoms. The summed E-state index contributed by atoms with van der Waals surface area (Å²) in [7, 11) is -2.62. The summed E-state index contributed by atoms with van der Waals surface area (Å²) in [6, 6.07) is 4.16. The van der Waals surface area contributed by atoms with Crippen LogP contribution in [0.25, 0.3) is 0 Å². The molecule has 2 rings (SSSR count). The number of sulfonamides is 1. The van der Waals surface area contributed by atoms with Gasteiger partial charge in [-0.15, -0.1) is 11.3 Å². The van der Waals surface area contributed by atoms with Crippen molar-refractivity contribution in [3.05, 3.63) is 34.8 Å². The molecule has 1 amide bonds. The first kappa shape index (κ1) is 14.4. The Balaban J connectivity index is 2.33. The summed E-state index contributed by atoms with van der Waals surface area (Å²) in [6.07, 6.45) is 0. The first-order valence-electron chi connectivity index (χ1n) is 5.32. The fourth-order valence-electron chi connectivity index (χ4n) is 1.50. The van der Waals surface area contributed by atoms with E-state index >= 15 is 0 Å². The molecule has 0 bridgehead atoms. The predicted molar refractivity (Wildman–Crippen MR) is 74.4 cm³/mol. The molecule has 0 saturated carbocycles. The largest absolute Gasteiger partial charge is 0.495 e. The van der Waals surface area contributed by atoms with Crippen molar-refractivity contribution in [2.75, 3.05) is 12.4 Å². The van der Waals surface area contributed by atoms with Gasteiger partial charge in [0.1, 0.15) is 16.3 Å². The lowest BCUT2D eigenvalue weighted by Gasteiger charge is -2.09. The number of thiazole rings is 1. The lowest BCUT2D eigenvalue weighted by Crippen LogP contribution is -2.16. The van der Waals surface area contributed by atoms with Gasteiger partial charge in [-0.2, -0.15) is 0 Å². The van der Waals surface area contributed by atoms with Gasteiger partial charge in [-0.1, -0.05) is 0 Å². The first-order chi connectivity index (χ1) is 9.41. The maximum Gasteiger partial charge on any atom is 0.275 e. The number of primary sulfonamides is 1. The Hall–Kier alpha value is -1.97. The van der Waals surface area contributed by atoms with Gasteiger partial charge in [-0.25, -0.2) is 18.5 Å². The van der Waals surface area contributed by atoms with Gasteiger partial charge in [0.25, 0.3) is 5.91 Å². The van der Waals surface area contributed by atoms with Crippen LogP contribution in [0.1, 0.15) is 10.5 Å². The van der Waals surface area contributed by atoms with E-state index < -0.39 is 15.9 Å². The van der Waals surface area contributed by atoms with Crippen LogP contribution in [-0.2, 0) is 10.0 Å². The number of amides is 1. The van der Waals surface area contributed by atoms with E-state index in [0.29, 0.717) is 0 Å². The second-order valence-corrected chi connectivity index (χ2v) is 5.99. The zero-order valence-corrected chi connectivity index (χ0v) is 12.0. The molecule has 0 radical (unpaired) electrons. The summed E-state index contributed by atoms with van der Waals surface area (Å²) in [6.45, 7) is 0. The van der Waals surface area contributed by atoms with E-state index in [4.69, 9.17) is 9.88 Å². The van der Waals surface area contributed by atoms with E-state index in [0.717, 1.165) is 0 Å². The Bertz CT molecular complexity index is 726. The van der Waals surface area contributed by atoms with Crippen LogP contribution in [0.3, 0.4) is 0 Å². The fourth-order valence-corrected chi connectivity index (χ4v) is 2.75. The monoisotopic (exact) mass is 313 g/mol. The van der Waals surface area contributed by atoms with Crippen molar-refractivity contribution >= 4 is 33.0 Å². The molecule has 106 valence electrons. The van der Waals surface area contributed by atoms with E-state index in [9.17, 15) is 13.2 Å². The number of hydrogen-bond donors (Lipinski definition) is 2. The number of ether oxygens (including phenoxy) is 1. The van der Waals surface area contributed by atoms with Crippen molar-refractivity contribution < 1.29 is 17.9 Å². The Kier molecular flexibility index (Phi) is 4.02. The number of carbonyl (C=O) groups is 1. The van der Waals surface area contributed by atoms with Crippen molar-refractivity contribution in [3.8, 4) is 5.75 Å². The highest BCUT2D eigenvalue weighted by Gasteiger charge is 2.17. The molecule has 1 heterocycles. The highest BCUT2D eigenvalue weighted by molar-refractivity contribution is 7.89. The summed E-state index contributed by atoms with van der Waals surface area (Å²) >= 11 is 1.28. The van der Waals surface area contributed by atoms with Crippen LogP contribution in [0.2, 0.25) is 0 Å². The lowest BCUT2D eigenvalue weighted by molar-refractivity contribution is 0.102. The van der Waals surface area contributed by atoms with Crippen LogP contribution < -0.4 is 15.2 Å². The minimum Gasteiger partial charge on any atom is -0.495 e. The smallest absolute Gasteiger partial charge is 0.275 e. The molecule has 9 heteroatoms. The summed E-state index contributed by atoms with van der Waals surface area (Å²) in [5.41, 5.74) is 2.06. The van der Waals surface area contributed by atoms with Crippen molar-refractivity contribution in [1.29, 1.82) is 0 Å². The number of nitrogens with zero attached hydrogens (tertiary/aromatic N) is 1. The van der Waals surface area contributed by atoms with E-state index in [1.54, 1.807) is 5.38 Å². The maximum atomic E-state index is 11.8. The molecule has 0 atom stereocenters. The van der Waals surface area contributed by atoms with Crippen LogP contribution in [0.5, 0.6) is 5.75 Å². The van der Waals surface area contributed by atoms with Crippen LogP contribution in [0.4, 0.5) is 5.69 Å². The van der Waals surface area contributed by atoms with Crippen LogP contribution >= 0.6 is 11.3 Å². The quantitative estimate of drug-likeness (QED) is 0.876. The molecule has 0 aliphatic carbocycles. The third-order valence-corrected chi connectivity index (χ3v) is 3.91. The number of carbonyl (C=O) groups excluding carboxylic acids is 1. The molecule has 1 aromatic carbocycles. The standard InChI is InChI=1S/C11H11N3O4S2/c1-18-9-3-2-7(4-10(9)20(12,16)17)14-11(15)8-5-19-6-13-8/h2-6H,1H3,(H,14,15)(H2,12,16,17). The van der Waals surface area contributed by atoms with Crippen LogP contribution in [0.15, 0.2) is 34.0 Å². The molecule has 3 N–H and O–H groups in total. The average molecular weight is 313 g/mol. The second kappa shape index (κ2) is 5.57. The summed E-state index contributed by atoms with van der Waals surface area (Å²) < 4.78 is 27.8. The Morgan fingerprint density at radius 2 is 2.20 bits per heavy atom. The number of nitrogens with two attached hydrogens (primary N) is 1. The zero-order chi connectivity index (χ0) is 14.8. The second-order valence-electron chi connectivity index (χ2n) is 3.74. The average Bonchev–Trinajstić information content (AvgIpc) is 2.91. The number of rotatable bonds is 4. The third kappa shape index (κ3) is 3.13. The molecule has 0 aliphatic heterocycles. The van der Waals surface area contributed by atoms with Gasteiger partial charge in [0.05, 0.1) is 12.6 Å². The molecule has 0 saturated heterocycles. The van der Waals surface area contributed by atoms with Gasteiger partial charge < -0.3 is 10.1 Å². The molecule has 0 aliphatic rings. The lowest BCUT2D eigenvalue weighted by atomic mass is 10.3. The van der Waals surface area contributed by atoms with Crippen LogP contribution in [0, 0.1) is 0 Å². The molecule has 1 aromatic heterocycles. The Labute approximate surface area is 119 Å². The minimum absolute atomic E-state index is 0.110. The van der Waals surface area contributed by atoms with Crippen molar-refractivity contribution in [1.82, 2.24) is 4.98 Å². The summed E-state index contributed by atoms with van der Waals surface area (Å²) in [5, 5.41) is 9.22. The van der Waals surface area contributed by atoms with Gasteiger partial charge in [0, 0.05) is 11.1 Å². The number of hydrogen-bond acceptors (Lipinski definition) is 6. The summed E-state index contributed by atoms with van der Waals surface area (Å²) in [4.78, 5) is 15.5. The molecular formula is C11H11N3O4S2. The van der Waals surface area contributed by atoms with Gasteiger partial charge in [-0.3, -0.25) is 4.79 Å². The van der Waals surface area contributed by atoms with E-state index in [2.05, 4.69) is 10.3 Å². The van der Waals surface area contributed by atoms with E-state index in [-0.39, 0.29) is 22.0 Å². The molecule has 0 unspecified atom stereocenters. The molecule has 0 fully saturated rings. The highest BCUT2D eigenvalue weighted by atomic mass is 32.2. The fraction of sp³-hybridized carbons (Fsp3) is 0.0909. The SMILES string of the molecule is COc1ccc(NC(=O)c2cscn2)cc1S(N)(=O)=O. The zero-order valence-electron chi connectivity index (χ0n) is 10.4. The normalized spacial score (nSPS) is 11.1. The molecule has 7 nitrogen and oxygen atoms in total.